The normalized spacial score (nSPS) is 11.5. The molecule has 0 bridgehead atoms. The minimum atomic E-state index is -0.00865. The van der Waals surface area contributed by atoms with Crippen LogP contribution in [0, 0.1) is 5.92 Å². The molecule has 0 saturated heterocycles. The zero-order valence-corrected chi connectivity index (χ0v) is 11.4. The van der Waals surface area contributed by atoms with E-state index in [-0.39, 0.29) is 5.56 Å². The van der Waals surface area contributed by atoms with Crippen LogP contribution in [0.2, 0.25) is 0 Å². The fourth-order valence-electron chi connectivity index (χ4n) is 1.60. The second-order valence-corrected chi connectivity index (χ2v) is 5.20. The van der Waals surface area contributed by atoms with E-state index in [2.05, 4.69) is 38.1 Å². The van der Waals surface area contributed by atoms with E-state index in [0.29, 0.717) is 18.4 Å². The lowest BCUT2D eigenvalue weighted by Gasteiger charge is -2.11. The Kier molecular flexibility index (Phi) is 4.87. The molecule has 0 radical (unpaired) electrons. The van der Waals surface area contributed by atoms with Crippen LogP contribution >= 0.6 is 0 Å². The Balaban J connectivity index is 2.86. The number of rotatable bonds is 5. The average Bonchev–Trinajstić information content (AvgIpc) is 2.23. The number of hydrogen-bond donors (Lipinski definition) is 1. The summed E-state index contributed by atoms with van der Waals surface area (Å²) in [6.07, 6.45) is 0. The Hall–Kier alpha value is -1.16. The Bertz CT molecular complexity index is 421. The fourth-order valence-corrected chi connectivity index (χ4v) is 1.60. The first kappa shape index (κ1) is 13.9. The molecule has 4 nitrogen and oxygen atoms in total. The molecule has 1 heterocycles. The molecule has 1 rings (SSSR count). The lowest BCUT2D eigenvalue weighted by atomic mass is 10.1. The van der Waals surface area contributed by atoms with E-state index in [0.717, 1.165) is 17.8 Å². The summed E-state index contributed by atoms with van der Waals surface area (Å²) < 4.78 is 1.43. The standard InChI is InChI=1S/C13H23N3O/c1-9(2)7-14-8-11-6-12(10(3)4)15-16(5)13(11)17/h6,9-10,14H,7-8H2,1-5H3. The number of nitrogens with one attached hydrogen (secondary N) is 1. The summed E-state index contributed by atoms with van der Waals surface area (Å²) in [6.45, 7) is 10.0. The summed E-state index contributed by atoms with van der Waals surface area (Å²) >= 11 is 0. The third-order valence-electron chi connectivity index (χ3n) is 2.62. The van der Waals surface area contributed by atoms with Gasteiger partial charge in [-0.1, -0.05) is 27.7 Å². The number of aryl methyl sites for hydroxylation is 1. The van der Waals surface area contributed by atoms with Crippen molar-refractivity contribution in [2.24, 2.45) is 13.0 Å². The number of nitrogens with zero attached hydrogens (tertiary/aromatic N) is 2. The first-order valence-corrected chi connectivity index (χ1v) is 6.19. The molecule has 0 aliphatic carbocycles. The summed E-state index contributed by atoms with van der Waals surface area (Å²) in [5.41, 5.74) is 1.76. The SMILES string of the molecule is CC(C)CNCc1cc(C(C)C)nn(C)c1=O. The van der Waals surface area contributed by atoms with Gasteiger partial charge in [-0.25, -0.2) is 4.68 Å². The van der Waals surface area contributed by atoms with Crippen LogP contribution in [0.3, 0.4) is 0 Å². The highest BCUT2D eigenvalue weighted by molar-refractivity contribution is 5.15. The minimum absolute atomic E-state index is 0.00865. The second kappa shape index (κ2) is 5.96. The van der Waals surface area contributed by atoms with E-state index in [1.165, 1.54) is 4.68 Å². The van der Waals surface area contributed by atoms with Gasteiger partial charge < -0.3 is 5.32 Å². The van der Waals surface area contributed by atoms with Crippen LogP contribution in [0.5, 0.6) is 0 Å². The van der Waals surface area contributed by atoms with Crippen molar-refractivity contribution in [1.29, 1.82) is 0 Å². The van der Waals surface area contributed by atoms with Crippen LogP contribution < -0.4 is 10.9 Å². The van der Waals surface area contributed by atoms with Crippen LogP contribution in [0.25, 0.3) is 0 Å². The molecule has 96 valence electrons. The van der Waals surface area contributed by atoms with Crippen molar-refractivity contribution in [1.82, 2.24) is 15.1 Å². The topological polar surface area (TPSA) is 46.9 Å². The van der Waals surface area contributed by atoms with Gasteiger partial charge in [0, 0.05) is 19.2 Å². The van der Waals surface area contributed by atoms with E-state index in [9.17, 15) is 4.79 Å². The molecule has 17 heavy (non-hydrogen) atoms. The van der Waals surface area contributed by atoms with Crippen molar-refractivity contribution in [2.75, 3.05) is 6.54 Å². The fraction of sp³-hybridized carbons (Fsp3) is 0.692. The predicted molar refractivity (Wildman–Crippen MR) is 70.1 cm³/mol. The van der Waals surface area contributed by atoms with Gasteiger partial charge in [-0.2, -0.15) is 5.10 Å². The molecule has 0 saturated carbocycles. The van der Waals surface area contributed by atoms with Crippen LogP contribution in [-0.4, -0.2) is 16.3 Å². The van der Waals surface area contributed by atoms with Gasteiger partial charge in [0.05, 0.1) is 5.69 Å². The number of hydrogen-bond acceptors (Lipinski definition) is 3. The maximum Gasteiger partial charge on any atom is 0.270 e. The zero-order valence-electron chi connectivity index (χ0n) is 11.4. The van der Waals surface area contributed by atoms with E-state index in [4.69, 9.17) is 0 Å². The van der Waals surface area contributed by atoms with Crippen LogP contribution in [0.1, 0.15) is 44.9 Å². The first-order chi connectivity index (χ1) is 7.91. The van der Waals surface area contributed by atoms with Crippen LogP contribution in [0.15, 0.2) is 10.9 Å². The minimum Gasteiger partial charge on any atom is -0.312 e. The molecule has 4 heteroatoms. The highest BCUT2D eigenvalue weighted by atomic mass is 16.1. The molecule has 0 fully saturated rings. The zero-order chi connectivity index (χ0) is 13.0. The summed E-state index contributed by atoms with van der Waals surface area (Å²) in [5.74, 6) is 0.927. The van der Waals surface area contributed by atoms with Crippen molar-refractivity contribution in [3.8, 4) is 0 Å². The predicted octanol–water partition coefficient (Wildman–Crippen LogP) is 1.65. The second-order valence-electron chi connectivity index (χ2n) is 5.20. The average molecular weight is 237 g/mol. The molecular weight excluding hydrogens is 214 g/mol. The third-order valence-corrected chi connectivity index (χ3v) is 2.62. The first-order valence-electron chi connectivity index (χ1n) is 6.19. The monoisotopic (exact) mass is 237 g/mol. The van der Waals surface area contributed by atoms with Crippen LogP contribution in [-0.2, 0) is 13.6 Å². The third kappa shape index (κ3) is 3.97. The summed E-state index contributed by atoms with van der Waals surface area (Å²) in [5, 5.41) is 7.55. The molecule has 1 aromatic rings. The van der Waals surface area contributed by atoms with E-state index in [1.807, 2.05) is 6.07 Å². The summed E-state index contributed by atoms with van der Waals surface area (Å²) in [4.78, 5) is 11.9. The quantitative estimate of drug-likeness (QED) is 0.847. The van der Waals surface area contributed by atoms with Crippen molar-refractivity contribution in [3.05, 3.63) is 27.7 Å². The van der Waals surface area contributed by atoms with Crippen molar-refractivity contribution >= 4 is 0 Å². The largest absolute Gasteiger partial charge is 0.312 e. The van der Waals surface area contributed by atoms with Gasteiger partial charge in [0.2, 0.25) is 0 Å². The molecule has 0 aliphatic heterocycles. The van der Waals surface area contributed by atoms with Crippen molar-refractivity contribution in [3.63, 3.8) is 0 Å². The molecule has 0 aromatic carbocycles. The molecule has 0 unspecified atom stereocenters. The van der Waals surface area contributed by atoms with Crippen LogP contribution in [0.4, 0.5) is 0 Å². The Morgan fingerprint density at radius 1 is 1.35 bits per heavy atom. The lowest BCUT2D eigenvalue weighted by Crippen LogP contribution is -2.29. The van der Waals surface area contributed by atoms with Gasteiger partial charge in [0.1, 0.15) is 0 Å². The van der Waals surface area contributed by atoms with Gasteiger partial charge in [-0.05, 0) is 24.4 Å². The maximum absolute atomic E-state index is 11.9. The Labute approximate surface area is 103 Å². The Morgan fingerprint density at radius 2 is 2.00 bits per heavy atom. The summed E-state index contributed by atoms with van der Waals surface area (Å²) in [6, 6.07) is 1.92. The van der Waals surface area contributed by atoms with E-state index < -0.39 is 0 Å². The van der Waals surface area contributed by atoms with E-state index in [1.54, 1.807) is 7.05 Å². The van der Waals surface area contributed by atoms with Crippen molar-refractivity contribution in [2.45, 2.75) is 40.2 Å². The van der Waals surface area contributed by atoms with Gasteiger partial charge >= 0.3 is 0 Å². The smallest absolute Gasteiger partial charge is 0.270 e. The van der Waals surface area contributed by atoms with E-state index >= 15 is 0 Å². The highest BCUT2D eigenvalue weighted by Crippen LogP contribution is 2.10. The maximum atomic E-state index is 11.9. The lowest BCUT2D eigenvalue weighted by molar-refractivity contribution is 0.544. The molecule has 1 N–H and O–H groups in total. The van der Waals surface area contributed by atoms with Gasteiger partial charge in [-0.15, -0.1) is 0 Å². The molecule has 0 aliphatic rings. The summed E-state index contributed by atoms with van der Waals surface area (Å²) in [7, 11) is 1.71. The molecule has 0 atom stereocenters. The Morgan fingerprint density at radius 3 is 2.53 bits per heavy atom. The van der Waals surface area contributed by atoms with Gasteiger partial charge in [-0.3, -0.25) is 4.79 Å². The molecule has 0 spiro atoms. The van der Waals surface area contributed by atoms with Gasteiger partial charge in [0.25, 0.3) is 5.56 Å². The van der Waals surface area contributed by atoms with Crippen molar-refractivity contribution < 1.29 is 0 Å². The molecule has 0 amide bonds. The highest BCUT2D eigenvalue weighted by Gasteiger charge is 2.08. The molecule has 1 aromatic heterocycles. The number of aromatic nitrogens is 2. The molecular formula is C13H23N3O. The van der Waals surface area contributed by atoms with Gasteiger partial charge in [0.15, 0.2) is 0 Å².